The zero-order valence-corrected chi connectivity index (χ0v) is 15.3. The van der Waals surface area contributed by atoms with E-state index in [0.717, 1.165) is 26.9 Å². The fraction of sp³-hybridized carbons (Fsp3) is 0.286. The van der Waals surface area contributed by atoms with Gasteiger partial charge >= 0.3 is 0 Å². The van der Waals surface area contributed by atoms with Crippen LogP contribution >= 0.6 is 11.3 Å². The van der Waals surface area contributed by atoms with E-state index in [1.165, 1.54) is 0 Å². The molecule has 2 aromatic carbocycles. The lowest BCUT2D eigenvalue weighted by Crippen LogP contribution is -2.40. The molecule has 1 heterocycles. The van der Waals surface area contributed by atoms with Crippen molar-refractivity contribution in [3.05, 3.63) is 71.1 Å². The Bertz CT molecular complexity index is 821. The normalized spacial score (nSPS) is 14.8. The molecule has 3 aromatic rings. The summed E-state index contributed by atoms with van der Waals surface area (Å²) in [5.74, 6) is -0.241. The van der Waals surface area contributed by atoms with Gasteiger partial charge in [-0.25, -0.2) is 0 Å². The van der Waals surface area contributed by atoms with Crippen molar-refractivity contribution in [2.45, 2.75) is 31.8 Å². The van der Waals surface area contributed by atoms with Crippen LogP contribution in [0, 0.1) is 0 Å². The summed E-state index contributed by atoms with van der Waals surface area (Å²) in [6, 6.07) is 19.8. The van der Waals surface area contributed by atoms with Crippen molar-refractivity contribution >= 4 is 27.3 Å². The monoisotopic (exact) mass is 353 g/mol. The van der Waals surface area contributed by atoms with E-state index < -0.39 is 5.60 Å². The topological polar surface area (TPSA) is 49.3 Å². The first-order valence-corrected chi connectivity index (χ1v) is 9.37. The van der Waals surface area contributed by atoms with Crippen LogP contribution in [0.3, 0.4) is 0 Å². The molecule has 1 aromatic heterocycles. The third-order valence-corrected chi connectivity index (χ3v) is 5.86. The van der Waals surface area contributed by atoms with Gasteiger partial charge in [-0.2, -0.15) is 0 Å². The Morgan fingerprint density at radius 1 is 1.16 bits per heavy atom. The quantitative estimate of drug-likeness (QED) is 0.689. The number of carbonyl (C=O) groups excluding carboxylic acids is 1. The molecule has 1 amide bonds. The predicted molar refractivity (Wildman–Crippen MR) is 104 cm³/mol. The van der Waals surface area contributed by atoms with Crippen LogP contribution in [-0.4, -0.2) is 17.6 Å². The van der Waals surface area contributed by atoms with Gasteiger partial charge in [-0.15, -0.1) is 11.3 Å². The third-order valence-electron chi connectivity index (χ3n) is 4.49. The number of nitrogens with one attached hydrogen (secondary N) is 1. The highest BCUT2D eigenvalue weighted by molar-refractivity contribution is 7.19. The molecule has 0 fully saturated rings. The van der Waals surface area contributed by atoms with Gasteiger partial charge in [0.25, 0.3) is 0 Å². The van der Waals surface area contributed by atoms with E-state index in [2.05, 4.69) is 5.32 Å². The standard InChI is InChI=1S/C21H23NO2S/c1-3-17(15-9-5-4-6-10-15)20(23)22-14-21(2,24)19-13-16-11-7-8-12-18(16)25-19/h4-13,17,24H,3,14H2,1-2H3,(H,22,23)/t17-,21+/m0/s1. The molecule has 2 N–H and O–H groups in total. The van der Waals surface area contributed by atoms with Gasteiger partial charge in [-0.05, 0) is 36.4 Å². The number of rotatable bonds is 6. The minimum absolute atomic E-state index is 0.0462. The third kappa shape index (κ3) is 3.91. The molecule has 3 rings (SSSR count). The van der Waals surface area contributed by atoms with Crippen LogP contribution in [0.15, 0.2) is 60.7 Å². The largest absolute Gasteiger partial charge is 0.383 e. The van der Waals surface area contributed by atoms with E-state index in [-0.39, 0.29) is 18.4 Å². The molecule has 0 saturated carbocycles. The van der Waals surface area contributed by atoms with E-state index in [9.17, 15) is 9.90 Å². The average molecular weight is 353 g/mol. The first kappa shape index (κ1) is 17.6. The number of aliphatic hydroxyl groups is 1. The second-order valence-corrected chi connectivity index (χ2v) is 7.60. The highest BCUT2D eigenvalue weighted by atomic mass is 32.1. The molecule has 2 atom stereocenters. The van der Waals surface area contributed by atoms with Crippen molar-refractivity contribution in [1.82, 2.24) is 5.32 Å². The average Bonchev–Trinajstić information content (AvgIpc) is 3.07. The second-order valence-electron chi connectivity index (χ2n) is 6.51. The minimum Gasteiger partial charge on any atom is -0.383 e. The zero-order valence-electron chi connectivity index (χ0n) is 14.5. The van der Waals surface area contributed by atoms with Crippen LogP contribution in [-0.2, 0) is 10.4 Å². The van der Waals surface area contributed by atoms with Gasteiger partial charge in [0.2, 0.25) is 5.91 Å². The van der Waals surface area contributed by atoms with E-state index in [0.29, 0.717) is 0 Å². The van der Waals surface area contributed by atoms with Crippen molar-refractivity contribution in [2.75, 3.05) is 6.54 Å². The number of benzene rings is 2. The van der Waals surface area contributed by atoms with E-state index in [1.54, 1.807) is 18.3 Å². The van der Waals surface area contributed by atoms with Crippen molar-refractivity contribution in [2.24, 2.45) is 0 Å². The first-order valence-electron chi connectivity index (χ1n) is 8.55. The summed E-state index contributed by atoms with van der Waals surface area (Å²) in [5.41, 5.74) is -0.0853. The highest BCUT2D eigenvalue weighted by Crippen LogP contribution is 2.33. The van der Waals surface area contributed by atoms with Crippen LogP contribution in [0.25, 0.3) is 10.1 Å². The van der Waals surface area contributed by atoms with Crippen LogP contribution in [0.1, 0.15) is 36.6 Å². The lowest BCUT2D eigenvalue weighted by Gasteiger charge is -2.24. The van der Waals surface area contributed by atoms with Crippen LogP contribution in [0.5, 0.6) is 0 Å². The van der Waals surface area contributed by atoms with Crippen LogP contribution < -0.4 is 5.32 Å². The molecule has 0 unspecified atom stereocenters. The molecule has 0 spiro atoms. The molecular formula is C21H23NO2S. The second kappa shape index (κ2) is 7.38. The number of hydrogen-bond acceptors (Lipinski definition) is 3. The predicted octanol–water partition coefficient (Wildman–Crippen LogP) is 4.42. The maximum atomic E-state index is 12.6. The molecule has 3 nitrogen and oxygen atoms in total. The molecular weight excluding hydrogens is 330 g/mol. The van der Waals surface area contributed by atoms with Crippen LogP contribution in [0.2, 0.25) is 0 Å². The van der Waals surface area contributed by atoms with Crippen LogP contribution in [0.4, 0.5) is 0 Å². The number of thiophene rings is 1. The van der Waals surface area contributed by atoms with Gasteiger partial charge in [0, 0.05) is 9.58 Å². The zero-order chi connectivity index (χ0) is 17.9. The summed E-state index contributed by atoms with van der Waals surface area (Å²) in [6.07, 6.45) is 0.723. The Morgan fingerprint density at radius 2 is 1.84 bits per heavy atom. The van der Waals surface area contributed by atoms with Crippen molar-refractivity contribution in [3.8, 4) is 0 Å². The van der Waals surface area contributed by atoms with Gasteiger partial charge in [-0.1, -0.05) is 55.5 Å². The maximum Gasteiger partial charge on any atom is 0.227 e. The molecule has 25 heavy (non-hydrogen) atoms. The summed E-state index contributed by atoms with van der Waals surface area (Å²) in [5, 5.41) is 14.9. The van der Waals surface area contributed by atoms with E-state index >= 15 is 0 Å². The number of fused-ring (bicyclic) bond motifs is 1. The first-order chi connectivity index (χ1) is 12.0. The Morgan fingerprint density at radius 3 is 2.52 bits per heavy atom. The van der Waals surface area contributed by atoms with Gasteiger partial charge < -0.3 is 10.4 Å². The van der Waals surface area contributed by atoms with Gasteiger partial charge in [0.1, 0.15) is 5.60 Å². The van der Waals surface area contributed by atoms with Crippen molar-refractivity contribution in [1.29, 1.82) is 0 Å². The smallest absolute Gasteiger partial charge is 0.227 e. The molecule has 0 aliphatic rings. The summed E-state index contributed by atoms with van der Waals surface area (Å²) in [7, 11) is 0. The number of hydrogen-bond donors (Lipinski definition) is 2. The molecule has 0 aliphatic carbocycles. The summed E-state index contributed by atoms with van der Waals surface area (Å²) >= 11 is 1.57. The lowest BCUT2D eigenvalue weighted by atomic mass is 9.95. The van der Waals surface area contributed by atoms with Gasteiger partial charge in [0.15, 0.2) is 0 Å². The number of amides is 1. The van der Waals surface area contributed by atoms with Gasteiger partial charge in [-0.3, -0.25) is 4.79 Å². The van der Waals surface area contributed by atoms with Crippen molar-refractivity contribution < 1.29 is 9.90 Å². The minimum atomic E-state index is -1.09. The molecule has 0 radical (unpaired) electrons. The molecule has 130 valence electrons. The van der Waals surface area contributed by atoms with E-state index in [1.807, 2.05) is 67.6 Å². The Hall–Kier alpha value is -2.17. The Kier molecular flexibility index (Phi) is 5.21. The fourth-order valence-corrected chi connectivity index (χ4v) is 4.08. The molecule has 0 saturated heterocycles. The van der Waals surface area contributed by atoms with E-state index in [4.69, 9.17) is 0 Å². The van der Waals surface area contributed by atoms with Gasteiger partial charge in [0.05, 0.1) is 12.5 Å². The van der Waals surface area contributed by atoms with Crippen molar-refractivity contribution in [3.63, 3.8) is 0 Å². The fourth-order valence-electron chi connectivity index (χ4n) is 2.97. The SMILES string of the molecule is CC[C@H](C(=O)NC[C@@](C)(O)c1cc2ccccc2s1)c1ccccc1. The lowest BCUT2D eigenvalue weighted by molar-refractivity contribution is -0.123. The molecule has 4 heteroatoms. The Labute approximate surface area is 152 Å². The highest BCUT2D eigenvalue weighted by Gasteiger charge is 2.28. The molecule has 0 bridgehead atoms. The Balaban J connectivity index is 1.71. The summed E-state index contributed by atoms with van der Waals surface area (Å²) < 4.78 is 1.14. The summed E-state index contributed by atoms with van der Waals surface area (Å²) in [6.45, 7) is 3.95. The number of carbonyl (C=O) groups is 1. The maximum absolute atomic E-state index is 12.6. The molecule has 0 aliphatic heterocycles. The summed E-state index contributed by atoms with van der Waals surface area (Å²) in [4.78, 5) is 13.5.